The number of aliphatic hydroxyl groups is 1. The monoisotopic (exact) mass is 490 g/mol. The minimum absolute atomic E-state index is 0.0547. The summed E-state index contributed by atoms with van der Waals surface area (Å²) < 4.78 is 67.9. The molecule has 2 heterocycles. The standard InChI is InChI=1S/C19H18BrF3N2O3S/c20-13-4-5-17-18(9-13)25(11-14-10-15(26)6-7-24(14)17)29(27,28)16-3-1-2-12(8-16)19(21,22)23/h1-5,8-9,14-15,26H,6-7,10-11H2/t14-,15?/m0/s1. The van der Waals surface area contributed by atoms with E-state index < -0.39 is 32.8 Å². The molecule has 0 spiro atoms. The van der Waals surface area contributed by atoms with Gasteiger partial charge >= 0.3 is 6.18 Å². The lowest BCUT2D eigenvalue weighted by molar-refractivity contribution is -0.137. The van der Waals surface area contributed by atoms with Crippen LogP contribution in [0.5, 0.6) is 0 Å². The minimum Gasteiger partial charge on any atom is -0.393 e. The van der Waals surface area contributed by atoms with Crippen LogP contribution in [0.4, 0.5) is 24.5 Å². The van der Waals surface area contributed by atoms with Gasteiger partial charge in [-0.1, -0.05) is 22.0 Å². The van der Waals surface area contributed by atoms with E-state index in [9.17, 15) is 26.7 Å². The molecule has 2 aromatic carbocycles. The Bertz CT molecular complexity index is 1050. The Hall–Kier alpha value is -1.78. The highest BCUT2D eigenvalue weighted by Crippen LogP contribution is 2.43. The molecule has 0 bridgehead atoms. The first-order valence-electron chi connectivity index (χ1n) is 9.01. The van der Waals surface area contributed by atoms with Crippen LogP contribution in [0.1, 0.15) is 18.4 Å². The maximum atomic E-state index is 13.4. The molecule has 156 valence electrons. The highest BCUT2D eigenvalue weighted by Gasteiger charge is 2.40. The Morgan fingerprint density at radius 1 is 1.10 bits per heavy atom. The highest BCUT2D eigenvalue weighted by atomic mass is 79.9. The second kappa shape index (κ2) is 7.17. The van der Waals surface area contributed by atoms with Gasteiger partial charge in [0.15, 0.2) is 0 Å². The number of piperidine rings is 1. The van der Waals surface area contributed by atoms with Crippen molar-refractivity contribution < 1.29 is 26.7 Å². The fourth-order valence-electron chi connectivity index (χ4n) is 3.94. The molecule has 0 aliphatic carbocycles. The van der Waals surface area contributed by atoms with Gasteiger partial charge in [-0.2, -0.15) is 13.2 Å². The second-order valence-corrected chi connectivity index (χ2v) is 10.00. The third kappa shape index (κ3) is 3.73. The normalized spacial score (nSPS) is 22.2. The number of alkyl halides is 3. The molecule has 1 N–H and O–H groups in total. The van der Waals surface area contributed by atoms with Crippen molar-refractivity contribution in [3.8, 4) is 0 Å². The number of nitrogens with zero attached hydrogens (tertiary/aromatic N) is 2. The molecule has 2 aromatic rings. The zero-order valence-corrected chi connectivity index (χ0v) is 17.5. The van der Waals surface area contributed by atoms with E-state index in [1.54, 1.807) is 18.2 Å². The SMILES string of the molecule is O=S(=O)(c1cccc(C(F)(F)F)c1)N1C[C@@H]2CC(O)CCN2c2ccc(Br)cc21. The number of anilines is 2. The van der Waals surface area contributed by atoms with Crippen molar-refractivity contribution in [2.75, 3.05) is 22.3 Å². The molecule has 0 amide bonds. The molecule has 1 fully saturated rings. The van der Waals surface area contributed by atoms with Crippen LogP contribution in [0, 0.1) is 0 Å². The highest BCUT2D eigenvalue weighted by molar-refractivity contribution is 9.10. The minimum atomic E-state index is -4.64. The predicted molar refractivity (Wildman–Crippen MR) is 106 cm³/mol. The van der Waals surface area contributed by atoms with E-state index in [1.807, 2.05) is 0 Å². The lowest BCUT2D eigenvalue weighted by Gasteiger charge is -2.47. The summed E-state index contributed by atoms with van der Waals surface area (Å²) in [6, 6.07) is 8.75. The van der Waals surface area contributed by atoms with Crippen molar-refractivity contribution >= 4 is 37.3 Å². The molecule has 2 aliphatic rings. The van der Waals surface area contributed by atoms with Gasteiger partial charge in [-0.25, -0.2) is 8.42 Å². The van der Waals surface area contributed by atoms with Crippen molar-refractivity contribution in [2.24, 2.45) is 0 Å². The fraction of sp³-hybridized carbons (Fsp3) is 0.368. The molecule has 29 heavy (non-hydrogen) atoms. The van der Waals surface area contributed by atoms with Gasteiger partial charge in [0.1, 0.15) is 0 Å². The molecule has 2 aliphatic heterocycles. The van der Waals surface area contributed by atoms with Crippen LogP contribution < -0.4 is 9.21 Å². The smallest absolute Gasteiger partial charge is 0.393 e. The summed E-state index contributed by atoms with van der Waals surface area (Å²) in [5, 5.41) is 10.0. The Kier molecular flexibility index (Phi) is 5.07. The summed E-state index contributed by atoms with van der Waals surface area (Å²) in [5.41, 5.74) is 0.0797. The van der Waals surface area contributed by atoms with E-state index in [2.05, 4.69) is 20.8 Å². The number of rotatable bonds is 2. The van der Waals surface area contributed by atoms with Crippen molar-refractivity contribution in [1.29, 1.82) is 0 Å². The van der Waals surface area contributed by atoms with Crippen molar-refractivity contribution in [2.45, 2.75) is 36.1 Å². The number of sulfonamides is 1. The fourth-order valence-corrected chi connectivity index (χ4v) is 5.84. The van der Waals surface area contributed by atoms with Gasteiger partial charge in [0.05, 0.1) is 40.5 Å². The molecule has 5 nitrogen and oxygen atoms in total. The summed E-state index contributed by atoms with van der Waals surface area (Å²) in [4.78, 5) is 1.65. The molecule has 0 radical (unpaired) electrons. The number of hydrogen-bond acceptors (Lipinski definition) is 4. The van der Waals surface area contributed by atoms with Gasteiger partial charge in [-0.15, -0.1) is 0 Å². The number of benzene rings is 2. The van der Waals surface area contributed by atoms with Crippen molar-refractivity contribution in [1.82, 2.24) is 0 Å². The van der Waals surface area contributed by atoms with Crippen LogP contribution >= 0.6 is 15.9 Å². The zero-order valence-electron chi connectivity index (χ0n) is 15.1. The lowest BCUT2D eigenvalue weighted by atomic mass is 9.96. The van der Waals surface area contributed by atoms with Crippen LogP contribution in [0.25, 0.3) is 0 Å². The van der Waals surface area contributed by atoms with E-state index >= 15 is 0 Å². The first-order chi connectivity index (χ1) is 13.6. The van der Waals surface area contributed by atoms with Crippen molar-refractivity contribution in [3.05, 3.63) is 52.5 Å². The van der Waals surface area contributed by atoms with Crippen LogP contribution in [-0.4, -0.2) is 38.8 Å². The number of hydrogen-bond donors (Lipinski definition) is 1. The molecule has 2 atom stereocenters. The van der Waals surface area contributed by atoms with Crippen molar-refractivity contribution in [3.63, 3.8) is 0 Å². The van der Waals surface area contributed by atoms with E-state index in [1.165, 1.54) is 6.07 Å². The van der Waals surface area contributed by atoms with Gasteiger partial charge in [0.2, 0.25) is 0 Å². The molecule has 0 aromatic heterocycles. The maximum absolute atomic E-state index is 13.4. The largest absolute Gasteiger partial charge is 0.416 e. The van der Waals surface area contributed by atoms with Gasteiger partial charge < -0.3 is 10.0 Å². The lowest BCUT2D eigenvalue weighted by Crippen LogP contribution is -2.55. The quantitative estimate of drug-likeness (QED) is 0.690. The molecule has 1 unspecified atom stereocenters. The van der Waals surface area contributed by atoms with Crippen LogP contribution in [-0.2, 0) is 16.2 Å². The Balaban J connectivity index is 1.82. The Morgan fingerprint density at radius 3 is 2.59 bits per heavy atom. The number of aliphatic hydroxyl groups excluding tert-OH is 1. The second-order valence-electron chi connectivity index (χ2n) is 7.22. The van der Waals surface area contributed by atoms with E-state index in [0.717, 1.165) is 16.4 Å². The Morgan fingerprint density at radius 2 is 1.86 bits per heavy atom. The summed E-state index contributed by atoms with van der Waals surface area (Å²) in [7, 11) is -4.24. The topological polar surface area (TPSA) is 60.9 Å². The van der Waals surface area contributed by atoms with Gasteiger partial charge in [0.25, 0.3) is 10.0 Å². The molecule has 4 rings (SSSR count). The van der Waals surface area contributed by atoms with Gasteiger partial charge in [0, 0.05) is 11.0 Å². The molecule has 10 heteroatoms. The summed E-state index contributed by atoms with van der Waals surface area (Å²) in [6.45, 7) is 0.636. The first kappa shape index (κ1) is 20.5. The van der Waals surface area contributed by atoms with E-state index in [4.69, 9.17) is 0 Å². The maximum Gasteiger partial charge on any atom is 0.416 e. The average molecular weight is 491 g/mol. The van der Waals surface area contributed by atoms with E-state index in [0.29, 0.717) is 41.3 Å². The predicted octanol–water partition coefficient (Wildman–Crippen LogP) is 4.01. The average Bonchev–Trinajstić information content (AvgIpc) is 2.66. The third-order valence-corrected chi connectivity index (χ3v) is 7.60. The van der Waals surface area contributed by atoms with E-state index in [-0.39, 0.29) is 12.6 Å². The van der Waals surface area contributed by atoms with Crippen LogP contribution in [0.3, 0.4) is 0 Å². The molecular formula is C19H18BrF3N2O3S. The van der Waals surface area contributed by atoms with Gasteiger partial charge in [-0.3, -0.25) is 4.31 Å². The summed E-state index contributed by atoms with van der Waals surface area (Å²) in [5.74, 6) is 0. The number of fused-ring (bicyclic) bond motifs is 3. The van der Waals surface area contributed by atoms with Crippen LogP contribution in [0.15, 0.2) is 51.8 Å². The zero-order chi connectivity index (χ0) is 21.0. The molecular weight excluding hydrogens is 473 g/mol. The molecule has 1 saturated heterocycles. The van der Waals surface area contributed by atoms with Crippen LogP contribution in [0.2, 0.25) is 0 Å². The third-order valence-electron chi connectivity index (χ3n) is 5.33. The summed E-state index contributed by atoms with van der Waals surface area (Å²) in [6.07, 6.45) is -4.21. The summed E-state index contributed by atoms with van der Waals surface area (Å²) >= 11 is 3.35. The van der Waals surface area contributed by atoms with Gasteiger partial charge in [-0.05, 0) is 49.2 Å². The Labute approximate surface area is 174 Å². The number of halogens is 4. The molecule has 0 saturated carbocycles. The first-order valence-corrected chi connectivity index (χ1v) is 11.2.